The van der Waals surface area contributed by atoms with Crippen LogP contribution in [0, 0.1) is 11.3 Å². The van der Waals surface area contributed by atoms with Crippen LogP contribution in [0.3, 0.4) is 0 Å². The molecule has 0 atom stereocenters. The molecule has 0 heterocycles. The van der Waals surface area contributed by atoms with Crippen molar-refractivity contribution < 1.29 is 8.78 Å². The average Bonchev–Trinajstić information content (AvgIpc) is 2.27. The first-order valence-corrected chi connectivity index (χ1v) is 4.94. The van der Waals surface area contributed by atoms with E-state index >= 15 is 0 Å². The number of alkyl halides is 2. The molecule has 0 fully saturated rings. The molecule has 80 valence electrons. The molecule has 0 aromatic heterocycles. The van der Waals surface area contributed by atoms with Crippen molar-refractivity contribution in [3.8, 4) is 6.07 Å². The molecule has 1 nitrogen and oxygen atoms in total. The van der Waals surface area contributed by atoms with E-state index in [1.54, 1.807) is 12.1 Å². The molecule has 1 aromatic carbocycles. The maximum Gasteiger partial charge on any atom is 0.273 e. The largest absolute Gasteiger partial charge is 0.273 e. The van der Waals surface area contributed by atoms with Gasteiger partial charge in [-0.2, -0.15) is 5.26 Å². The Morgan fingerprint density at radius 3 is 2.73 bits per heavy atom. The maximum absolute atomic E-state index is 13.3. The van der Waals surface area contributed by atoms with E-state index in [2.05, 4.69) is 0 Å². The molecule has 0 aliphatic carbocycles. The van der Waals surface area contributed by atoms with Gasteiger partial charge in [0.15, 0.2) is 0 Å². The zero-order valence-corrected chi connectivity index (χ0v) is 8.63. The number of aryl methyl sites for hydroxylation is 1. The molecule has 1 rings (SSSR count). The minimum atomic E-state index is -2.76. The van der Waals surface area contributed by atoms with Gasteiger partial charge in [0.05, 0.1) is 6.07 Å². The van der Waals surface area contributed by atoms with Crippen molar-refractivity contribution in [3.63, 3.8) is 0 Å². The first-order valence-electron chi connectivity index (χ1n) is 4.94. The molecule has 1 aromatic rings. The molecular weight excluding hydrogens is 196 g/mol. The van der Waals surface area contributed by atoms with Gasteiger partial charge in [-0.1, -0.05) is 25.1 Å². The van der Waals surface area contributed by atoms with E-state index in [1.807, 2.05) is 6.07 Å². The van der Waals surface area contributed by atoms with E-state index in [0.717, 1.165) is 5.56 Å². The van der Waals surface area contributed by atoms with Crippen LogP contribution in [0.2, 0.25) is 0 Å². The fourth-order valence-electron chi connectivity index (χ4n) is 1.36. The number of rotatable bonds is 4. The Balaban J connectivity index is 2.88. The van der Waals surface area contributed by atoms with Gasteiger partial charge in [-0.25, -0.2) is 8.78 Å². The Morgan fingerprint density at radius 2 is 2.13 bits per heavy atom. The number of hydrogen-bond donors (Lipinski definition) is 0. The Hall–Kier alpha value is -1.43. The molecule has 3 heteroatoms. The van der Waals surface area contributed by atoms with Crippen molar-refractivity contribution in [1.82, 2.24) is 0 Å². The molecule has 0 spiro atoms. The standard InChI is InChI=1S/C12H13F2N/c1-2-12(13,14)11-7-3-5-10(9-11)6-4-8-15/h3,5,7,9H,2,4,6H2,1H3. The molecule has 0 bridgehead atoms. The van der Waals surface area contributed by atoms with Crippen molar-refractivity contribution in [1.29, 1.82) is 5.26 Å². The van der Waals surface area contributed by atoms with Crippen molar-refractivity contribution in [2.24, 2.45) is 0 Å². The van der Waals surface area contributed by atoms with Crippen LogP contribution >= 0.6 is 0 Å². The predicted octanol–water partition coefficient (Wildman–Crippen LogP) is 3.64. The summed E-state index contributed by atoms with van der Waals surface area (Å²) in [5, 5.41) is 8.40. The second-order valence-electron chi connectivity index (χ2n) is 3.42. The van der Waals surface area contributed by atoms with Gasteiger partial charge in [-0.3, -0.25) is 0 Å². The molecule has 0 saturated carbocycles. The Labute approximate surface area is 88.3 Å². The molecule has 15 heavy (non-hydrogen) atoms. The third-order valence-electron chi connectivity index (χ3n) is 2.32. The zero-order chi connectivity index (χ0) is 11.3. The lowest BCUT2D eigenvalue weighted by Gasteiger charge is -2.14. The molecular formula is C12H13F2N. The van der Waals surface area contributed by atoms with Crippen LogP contribution in [0.25, 0.3) is 0 Å². The summed E-state index contributed by atoms with van der Waals surface area (Å²) < 4.78 is 26.6. The minimum absolute atomic E-state index is 0.0421. The summed E-state index contributed by atoms with van der Waals surface area (Å²) in [4.78, 5) is 0. The van der Waals surface area contributed by atoms with Crippen molar-refractivity contribution >= 4 is 0 Å². The van der Waals surface area contributed by atoms with Gasteiger partial charge in [0.25, 0.3) is 5.92 Å². The lowest BCUT2D eigenvalue weighted by Crippen LogP contribution is -2.11. The summed E-state index contributed by atoms with van der Waals surface area (Å²) in [7, 11) is 0. The quantitative estimate of drug-likeness (QED) is 0.742. The van der Waals surface area contributed by atoms with Gasteiger partial charge in [0.1, 0.15) is 0 Å². The smallest absolute Gasteiger partial charge is 0.201 e. The molecule has 0 unspecified atom stereocenters. The zero-order valence-electron chi connectivity index (χ0n) is 8.63. The monoisotopic (exact) mass is 209 g/mol. The lowest BCUT2D eigenvalue weighted by atomic mass is 10.0. The summed E-state index contributed by atoms with van der Waals surface area (Å²) in [5.41, 5.74) is 0.836. The molecule has 0 aliphatic heterocycles. The van der Waals surface area contributed by atoms with Crippen molar-refractivity contribution in [2.45, 2.75) is 32.1 Å². The van der Waals surface area contributed by atoms with Gasteiger partial charge in [-0.05, 0) is 18.1 Å². The van der Waals surface area contributed by atoms with E-state index in [9.17, 15) is 8.78 Å². The number of nitrogens with zero attached hydrogens (tertiary/aromatic N) is 1. The topological polar surface area (TPSA) is 23.8 Å². The molecule has 0 radical (unpaired) electrons. The second-order valence-corrected chi connectivity index (χ2v) is 3.42. The Kier molecular flexibility index (Phi) is 3.79. The molecule has 0 N–H and O–H groups in total. The maximum atomic E-state index is 13.3. The van der Waals surface area contributed by atoms with Crippen LogP contribution in [-0.4, -0.2) is 0 Å². The van der Waals surface area contributed by atoms with Gasteiger partial charge >= 0.3 is 0 Å². The van der Waals surface area contributed by atoms with Crippen LogP contribution in [0.4, 0.5) is 8.78 Å². The van der Waals surface area contributed by atoms with Gasteiger partial charge in [-0.15, -0.1) is 0 Å². The van der Waals surface area contributed by atoms with E-state index < -0.39 is 5.92 Å². The highest BCUT2D eigenvalue weighted by molar-refractivity contribution is 5.27. The SMILES string of the molecule is CCC(F)(F)c1cccc(CCC#N)c1. The van der Waals surface area contributed by atoms with E-state index in [0.29, 0.717) is 12.8 Å². The van der Waals surface area contributed by atoms with E-state index in [4.69, 9.17) is 5.26 Å². The second kappa shape index (κ2) is 4.88. The van der Waals surface area contributed by atoms with Crippen LogP contribution < -0.4 is 0 Å². The Morgan fingerprint density at radius 1 is 1.40 bits per heavy atom. The van der Waals surface area contributed by atoms with Crippen molar-refractivity contribution in [2.75, 3.05) is 0 Å². The van der Waals surface area contributed by atoms with Gasteiger partial charge < -0.3 is 0 Å². The summed E-state index contributed by atoms with van der Waals surface area (Å²) in [6.45, 7) is 1.46. The first kappa shape index (κ1) is 11.6. The number of hydrogen-bond acceptors (Lipinski definition) is 1. The van der Waals surface area contributed by atoms with Gasteiger partial charge in [0.2, 0.25) is 0 Å². The number of benzene rings is 1. The summed E-state index contributed by atoms with van der Waals surface area (Å²) in [6.07, 6.45) is 0.694. The predicted molar refractivity (Wildman–Crippen MR) is 54.6 cm³/mol. The molecule has 0 aliphatic rings. The summed E-state index contributed by atoms with van der Waals surface area (Å²) in [5.74, 6) is -2.76. The van der Waals surface area contributed by atoms with Gasteiger partial charge in [0, 0.05) is 18.4 Å². The summed E-state index contributed by atoms with van der Waals surface area (Å²) in [6, 6.07) is 8.30. The fraction of sp³-hybridized carbons (Fsp3) is 0.417. The van der Waals surface area contributed by atoms with E-state index in [1.165, 1.54) is 19.1 Å². The Bertz CT molecular complexity index is 366. The van der Waals surface area contributed by atoms with Crippen LogP contribution in [0.5, 0.6) is 0 Å². The first-order chi connectivity index (χ1) is 7.10. The van der Waals surface area contributed by atoms with Crippen LogP contribution in [0.1, 0.15) is 30.9 Å². The normalized spacial score (nSPS) is 11.1. The molecule has 0 amide bonds. The number of nitriles is 1. The molecule has 0 saturated heterocycles. The summed E-state index contributed by atoms with van der Waals surface area (Å²) >= 11 is 0. The van der Waals surface area contributed by atoms with Crippen LogP contribution in [-0.2, 0) is 12.3 Å². The van der Waals surface area contributed by atoms with E-state index in [-0.39, 0.29) is 12.0 Å². The highest BCUT2D eigenvalue weighted by Crippen LogP contribution is 2.31. The highest BCUT2D eigenvalue weighted by Gasteiger charge is 2.28. The fourth-order valence-corrected chi connectivity index (χ4v) is 1.36. The van der Waals surface area contributed by atoms with Crippen molar-refractivity contribution in [3.05, 3.63) is 35.4 Å². The minimum Gasteiger partial charge on any atom is -0.201 e. The third-order valence-corrected chi connectivity index (χ3v) is 2.32. The average molecular weight is 209 g/mol. The number of halogens is 2. The highest BCUT2D eigenvalue weighted by atomic mass is 19.3. The third kappa shape index (κ3) is 3.02. The van der Waals surface area contributed by atoms with Crippen LogP contribution in [0.15, 0.2) is 24.3 Å². The lowest BCUT2D eigenvalue weighted by molar-refractivity contribution is -0.00835.